The van der Waals surface area contributed by atoms with E-state index in [1.165, 1.54) is 23.1 Å². The number of non-ortho nitro benzene ring substituents is 1. The predicted octanol–water partition coefficient (Wildman–Crippen LogP) is 2.44. The van der Waals surface area contributed by atoms with E-state index in [0.29, 0.717) is 23.9 Å². The van der Waals surface area contributed by atoms with E-state index in [1.54, 1.807) is 0 Å². The minimum atomic E-state index is -1.05. The van der Waals surface area contributed by atoms with Crippen molar-refractivity contribution in [2.75, 3.05) is 11.9 Å². The van der Waals surface area contributed by atoms with Gasteiger partial charge in [0.1, 0.15) is 6.04 Å². The van der Waals surface area contributed by atoms with Crippen LogP contribution in [0.4, 0.5) is 16.2 Å². The largest absolute Gasteiger partial charge is 0.480 e. The number of nitrogens with one attached hydrogen (secondary N) is 1. The van der Waals surface area contributed by atoms with E-state index >= 15 is 0 Å². The molecule has 1 aliphatic rings. The Bertz CT molecular complexity index is 607. The third-order valence-corrected chi connectivity index (χ3v) is 3.89. The van der Waals surface area contributed by atoms with Gasteiger partial charge in [0.25, 0.3) is 5.69 Å². The Morgan fingerprint density at radius 2 is 2.19 bits per heavy atom. The number of carbonyl (C=O) groups is 2. The molecule has 0 bridgehead atoms. The Hall–Kier alpha value is -2.16. The Morgan fingerprint density at radius 1 is 1.48 bits per heavy atom. The van der Waals surface area contributed by atoms with Gasteiger partial charge in [0, 0.05) is 23.2 Å². The van der Waals surface area contributed by atoms with Gasteiger partial charge in [0.15, 0.2) is 0 Å². The number of aliphatic carboxylic acids is 1. The molecule has 1 aromatic rings. The van der Waals surface area contributed by atoms with Crippen molar-refractivity contribution in [2.45, 2.75) is 18.9 Å². The number of nitro benzene ring substituents is 1. The highest BCUT2D eigenvalue weighted by atomic mass is 79.9. The van der Waals surface area contributed by atoms with Crippen molar-refractivity contribution in [3.8, 4) is 0 Å². The van der Waals surface area contributed by atoms with Gasteiger partial charge in [-0.25, -0.2) is 9.59 Å². The minimum absolute atomic E-state index is 0.162. The van der Waals surface area contributed by atoms with Gasteiger partial charge in [-0.05, 0) is 34.8 Å². The molecule has 1 aliphatic heterocycles. The SMILES string of the molecule is O=C(O)C1CCCN1C(=O)Nc1cc([N+](=O)[O-])ccc1Br. The van der Waals surface area contributed by atoms with Crippen molar-refractivity contribution >= 4 is 39.3 Å². The number of nitrogens with zero attached hydrogens (tertiary/aromatic N) is 2. The van der Waals surface area contributed by atoms with E-state index in [-0.39, 0.29) is 11.4 Å². The zero-order chi connectivity index (χ0) is 15.6. The standard InChI is InChI=1S/C12H12BrN3O5/c13-8-4-3-7(16(20)21)6-9(8)14-12(19)15-5-1-2-10(15)11(17)18/h3-4,6,10H,1-2,5H2,(H,14,19)(H,17,18). The number of benzene rings is 1. The monoisotopic (exact) mass is 357 g/mol. The van der Waals surface area contributed by atoms with Gasteiger partial charge in [0.2, 0.25) is 0 Å². The van der Waals surface area contributed by atoms with Crippen LogP contribution in [-0.4, -0.2) is 39.5 Å². The normalized spacial score (nSPS) is 17.6. The first-order valence-electron chi connectivity index (χ1n) is 6.14. The summed E-state index contributed by atoms with van der Waals surface area (Å²) in [4.78, 5) is 34.6. The van der Waals surface area contributed by atoms with E-state index in [2.05, 4.69) is 21.2 Å². The van der Waals surface area contributed by atoms with Gasteiger partial charge in [-0.15, -0.1) is 0 Å². The van der Waals surface area contributed by atoms with Gasteiger partial charge in [0.05, 0.1) is 10.6 Å². The topological polar surface area (TPSA) is 113 Å². The molecule has 0 saturated carbocycles. The number of halogens is 1. The molecule has 9 heteroatoms. The summed E-state index contributed by atoms with van der Waals surface area (Å²) in [6, 6.07) is 2.53. The average molecular weight is 358 g/mol. The molecule has 21 heavy (non-hydrogen) atoms. The molecule has 1 fully saturated rings. The number of amides is 2. The number of carboxylic acids is 1. The van der Waals surface area contributed by atoms with E-state index in [4.69, 9.17) is 5.11 Å². The summed E-state index contributed by atoms with van der Waals surface area (Å²) in [6.45, 7) is 0.343. The lowest BCUT2D eigenvalue weighted by Crippen LogP contribution is -2.42. The van der Waals surface area contributed by atoms with Crippen LogP contribution in [0.2, 0.25) is 0 Å². The highest BCUT2D eigenvalue weighted by Gasteiger charge is 2.34. The first-order chi connectivity index (χ1) is 9.90. The molecule has 0 radical (unpaired) electrons. The predicted molar refractivity (Wildman–Crippen MR) is 77.2 cm³/mol. The molecule has 2 N–H and O–H groups in total. The van der Waals surface area contributed by atoms with Crippen LogP contribution < -0.4 is 5.32 Å². The van der Waals surface area contributed by atoms with E-state index in [0.717, 1.165) is 0 Å². The molecular weight excluding hydrogens is 346 g/mol. The molecule has 1 saturated heterocycles. The second-order valence-electron chi connectivity index (χ2n) is 4.54. The number of hydrogen-bond donors (Lipinski definition) is 2. The summed E-state index contributed by atoms with van der Waals surface area (Å²) in [5.41, 5.74) is 0.0648. The average Bonchev–Trinajstić information content (AvgIpc) is 2.90. The molecular formula is C12H12BrN3O5. The Balaban J connectivity index is 2.18. The lowest BCUT2D eigenvalue weighted by atomic mass is 10.2. The van der Waals surface area contributed by atoms with E-state index in [9.17, 15) is 19.7 Å². The molecule has 1 atom stereocenters. The summed E-state index contributed by atoms with van der Waals surface area (Å²) >= 11 is 3.19. The first kappa shape index (κ1) is 15.2. The lowest BCUT2D eigenvalue weighted by molar-refractivity contribution is -0.384. The molecule has 112 valence electrons. The molecule has 0 aromatic heterocycles. The lowest BCUT2D eigenvalue weighted by Gasteiger charge is -2.22. The summed E-state index contributed by atoms with van der Waals surface area (Å²) in [6.07, 6.45) is 1.01. The number of anilines is 1. The van der Waals surface area contributed by atoms with Crippen LogP contribution in [-0.2, 0) is 4.79 Å². The third kappa shape index (κ3) is 3.30. The van der Waals surface area contributed by atoms with Crippen LogP contribution >= 0.6 is 15.9 Å². The molecule has 1 unspecified atom stereocenters. The zero-order valence-electron chi connectivity index (χ0n) is 10.8. The number of likely N-dealkylation sites (tertiary alicyclic amines) is 1. The summed E-state index contributed by atoms with van der Waals surface area (Å²) in [5, 5.41) is 22.3. The van der Waals surface area contributed by atoms with Crippen molar-refractivity contribution in [3.63, 3.8) is 0 Å². The highest BCUT2D eigenvalue weighted by molar-refractivity contribution is 9.10. The van der Waals surface area contributed by atoms with Crippen molar-refractivity contribution in [1.29, 1.82) is 0 Å². The van der Waals surface area contributed by atoms with Crippen molar-refractivity contribution in [3.05, 3.63) is 32.8 Å². The fraction of sp³-hybridized carbons (Fsp3) is 0.333. The number of urea groups is 1. The van der Waals surface area contributed by atoms with Crippen molar-refractivity contribution in [2.24, 2.45) is 0 Å². The van der Waals surface area contributed by atoms with Crippen LogP contribution in [0.25, 0.3) is 0 Å². The van der Waals surface area contributed by atoms with Crippen LogP contribution in [0.15, 0.2) is 22.7 Å². The molecule has 0 aliphatic carbocycles. The second-order valence-corrected chi connectivity index (χ2v) is 5.40. The second kappa shape index (κ2) is 6.08. The fourth-order valence-electron chi connectivity index (χ4n) is 2.18. The van der Waals surface area contributed by atoms with Gasteiger partial charge in [-0.3, -0.25) is 10.1 Å². The maximum Gasteiger partial charge on any atom is 0.326 e. The first-order valence-corrected chi connectivity index (χ1v) is 6.94. The summed E-state index contributed by atoms with van der Waals surface area (Å²) < 4.78 is 0.479. The van der Waals surface area contributed by atoms with Crippen LogP contribution in [0, 0.1) is 10.1 Å². The Kier molecular flexibility index (Phi) is 4.41. The van der Waals surface area contributed by atoms with Crippen LogP contribution in [0.1, 0.15) is 12.8 Å². The maximum atomic E-state index is 12.1. The number of carbonyl (C=O) groups excluding carboxylic acids is 1. The molecule has 2 amide bonds. The third-order valence-electron chi connectivity index (χ3n) is 3.20. The van der Waals surface area contributed by atoms with Crippen LogP contribution in [0.5, 0.6) is 0 Å². The summed E-state index contributed by atoms with van der Waals surface area (Å²) in [7, 11) is 0. The minimum Gasteiger partial charge on any atom is -0.480 e. The van der Waals surface area contributed by atoms with E-state index < -0.39 is 23.0 Å². The molecule has 2 rings (SSSR count). The highest BCUT2D eigenvalue weighted by Crippen LogP contribution is 2.28. The van der Waals surface area contributed by atoms with Crippen molar-refractivity contribution < 1.29 is 19.6 Å². The molecule has 0 spiro atoms. The van der Waals surface area contributed by atoms with E-state index in [1.807, 2.05) is 0 Å². The van der Waals surface area contributed by atoms with Crippen molar-refractivity contribution in [1.82, 2.24) is 4.90 Å². The molecule has 1 heterocycles. The Labute approximate surface area is 128 Å². The number of carboxylic acid groups (broad SMARTS) is 1. The molecule has 1 aromatic carbocycles. The van der Waals surface area contributed by atoms with Crippen LogP contribution in [0.3, 0.4) is 0 Å². The van der Waals surface area contributed by atoms with Gasteiger partial charge in [-0.2, -0.15) is 0 Å². The number of hydrogen-bond acceptors (Lipinski definition) is 4. The Morgan fingerprint density at radius 3 is 2.81 bits per heavy atom. The smallest absolute Gasteiger partial charge is 0.326 e. The maximum absolute atomic E-state index is 12.1. The van der Waals surface area contributed by atoms with Gasteiger partial charge >= 0.3 is 12.0 Å². The fourth-order valence-corrected chi connectivity index (χ4v) is 2.52. The number of rotatable bonds is 3. The van der Waals surface area contributed by atoms with Gasteiger partial charge < -0.3 is 15.3 Å². The molecule has 8 nitrogen and oxygen atoms in total. The summed E-state index contributed by atoms with van der Waals surface area (Å²) in [5.74, 6) is -1.05. The number of nitro groups is 1. The zero-order valence-corrected chi connectivity index (χ0v) is 12.4. The quantitative estimate of drug-likeness (QED) is 0.637. The van der Waals surface area contributed by atoms with Gasteiger partial charge in [-0.1, -0.05) is 0 Å².